The summed E-state index contributed by atoms with van der Waals surface area (Å²) >= 11 is 1.85. The molecule has 0 fully saturated rings. The third kappa shape index (κ3) is 4.34. The number of nitrogens with zero attached hydrogens (tertiary/aromatic N) is 1. The average molecular weight is 244 g/mol. The van der Waals surface area contributed by atoms with E-state index in [1.165, 1.54) is 6.42 Å². The van der Waals surface area contributed by atoms with Crippen molar-refractivity contribution in [3.05, 3.63) is 0 Å². The molecule has 0 saturated heterocycles. The molecule has 0 aromatic rings. The van der Waals surface area contributed by atoms with Gasteiger partial charge >= 0.3 is 0 Å². The van der Waals surface area contributed by atoms with Crippen molar-refractivity contribution in [2.75, 3.05) is 13.7 Å². The molecule has 4 heteroatoms. The van der Waals surface area contributed by atoms with Crippen LogP contribution >= 0.6 is 11.8 Å². The van der Waals surface area contributed by atoms with Crippen molar-refractivity contribution in [2.24, 2.45) is 10.9 Å². The van der Waals surface area contributed by atoms with Gasteiger partial charge in [-0.2, -0.15) is 0 Å². The molecule has 3 unspecified atom stereocenters. The molecule has 0 saturated carbocycles. The van der Waals surface area contributed by atoms with Crippen LogP contribution in [0.2, 0.25) is 0 Å². The predicted molar refractivity (Wildman–Crippen MR) is 72.2 cm³/mol. The minimum atomic E-state index is 0.355. The summed E-state index contributed by atoms with van der Waals surface area (Å²) in [6.45, 7) is 9.59. The van der Waals surface area contributed by atoms with Gasteiger partial charge in [0.05, 0.1) is 18.7 Å². The Morgan fingerprint density at radius 1 is 1.50 bits per heavy atom. The van der Waals surface area contributed by atoms with Crippen LogP contribution in [0.5, 0.6) is 0 Å². The molecule has 0 aliphatic carbocycles. The highest BCUT2D eigenvalue weighted by Crippen LogP contribution is 2.24. The van der Waals surface area contributed by atoms with Crippen LogP contribution in [0, 0.1) is 5.92 Å². The number of amidine groups is 1. The van der Waals surface area contributed by atoms with E-state index >= 15 is 0 Å². The normalized spacial score (nSPS) is 27.8. The smallest absolute Gasteiger partial charge is 0.157 e. The van der Waals surface area contributed by atoms with Gasteiger partial charge in [-0.15, -0.1) is 0 Å². The summed E-state index contributed by atoms with van der Waals surface area (Å²) in [6, 6.07) is 0.794. The summed E-state index contributed by atoms with van der Waals surface area (Å²) in [6.07, 6.45) is 1.17. The van der Waals surface area contributed by atoms with E-state index in [0.29, 0.717) is 23.3 Å². The van der Waals surface area contributed by atoms with Crippen molar-refractivity contribution in [3.8, 4) is 0 Å². The zero-order chi connectivity index (χ0) is 12.1. The highest BCUT2D eigenvalue weighted by molar-refractivity contribution is 8.14. The Hall–Kier alpha value is -0.220. The summed E-state index contributed by atoms with van der Waals surface area (Å²) in [5, 5.41) is 5.25. The summed E-state index contributed by atoms with van der Waals surface area (Å²) in [5.74, 6) is 0.552. The van der Waals surface area contributed by atoms with E-state index < -0.39 is 0 Å². The van der Waals surface area contributed by atoms with Crippen LogP contribution in [0.4, 0.5) is 0 Å². The van der Waals surface area contributed by atoms with E-state index in [9.17, 15) is 0 Å². The molecule has 16 heavy (non-hydrogen) atoms. The first-order valence-corrected chi connectivity index (χ1v) is 6.90. The second-order valence-electron chi connectivity index (χ2n) is 4.90. The van der Waals surface area contributed by atoms with Crippen molar-refractivity contribution in [2.45, 2.75) is 51.4 Å². The molecule has 1 heterocycles. The van der Waals surface area contributed by atoms with Gasteiger partial charge in [0.1, 0.15) is 0 Å². The summed E-state index contributed by atoms with van der Waals surface area (Å²) < 4.78 is 5.23. The third-order valence-corrected chi connectivity index (χ3v) is 3.82. The molecule has 0 aromatic carbocycles. The minimum absolute atomic E-state index is 0.355. The fourth-order valence-electron chi connectivity index (χ4n) is 1.81. The maximum Gasteiger partial charge on any atom is 0.157 e. The number of hydrogen-bond donors (Lipinski definition) is 1. The first-order chi connectivity index (χ1) is 7.52. The Labute approximate surface area is 103 Å². The Bertz CT molecular complexity index is 243. The zero-order valence-corrected chi connectivity index (χ0v) is 11.8. The van der Waals surface area contributed by atoms with Gasteiger partial charge in [0.25, 0.3) is 0 Å². The molecule has 0 radical (unpaired) electrons. The Morgan fingerprint density at radius 2 is 2.19 bits per heavy atom. The quantitative estimate of drug-likeness (QED) is 0.825. The van der Waals surface area contributed by atoms with Crippen LogP contribution in [0.1, 0.15) is 34.1 Å². The molecular formula is C12H24N2OS. The number of methoxy groups -OCH3 is 1. The molecule has 1 rings (SSSR count). The first-order valence-electron chi connectivity index (χ1n) is 6.02. The van der Waals surface area contributed by atoms with E-state index in [4.69, 9.17) is 4.74 Å². The summed E-state index contributed by atoms with van der Waals surface area (Å²) in [5.41, 5.74) is 0. The number of hydrogen-bond acceptors (Lipinski definition) is 4. The topological polar surface area (TPSA) is 33.6 Å². The molecule has 0 amide bonds. The lowest BCUT2D eigenvalue weighted by molar-refractivity contribution is 0.156. The van der Waals surface area contributed by atoms with Gasteiger partial charge in [-0.25, -0.2) is 0 Å². The van der Waals surface area contributed by atoms with Crippen LogP contribution in [0.3, 0.4) is 0 Å². The second-order valence-corrected chi connectivity index (χ2v) is 6.32. The largest absolute Gasteiger partial charge is 0.383 e. The molecule has 1 N–H and O–H groups in total. The number of thioether (sulfide) groups is 1. The number of nitrogens with one attached hydrogen (secondary N) is 1. The van der Waals surface area contributed by atoms with Crippen molar-refractivity contribution in [1.29, 1.82) is 0 Å². The fourth-order valence-corrected chi connectivity index (χ4v) is 3.03. The SMILES string of the molecule is COCC(NC1=NC(C)CC(C)S1)C(C)C. The Balaban J connectivity index is 2.56. The predicted octanol–water partition coefficient (Wildman–Crippen LogP) is 2.52. The number of aliphatic imine (C=N–C) groups is 1. The maximum atomic E-state index is 5.23. The average Bonchev–Trinajstić information content (AvgIpc) is 2.15. The Morgan fingerprint density at radius 3 is 2.69 bits per heavy atom. The Kier molecular flexibility index (Phi) is 5.62. The van der Waals surface area contributed by atoms with Crippen molar-refractivity contribution < 1.29 is 4.74 Å². The van der Waals surface area contributed by atoms with Crippen LogP contribution < -0.4 is 5.32 Å². The van der Waals surface area contributed by atoms with E-state index in [0.717, 1.165) is 11.8 Å². The van der Waals surface area contributed by atoms with Gasteiger partial charge < -0.3 is 10.1 Å². The second kappa shape index (κ2) is 6.50. The number of ether oxygens (including phenoxy) is 1. The van der Waals surface area contributed by atoms with Gasteiger partial charge in [-0.3, -0.25) is 4.99 Å². The van der Waals surface area contributed by atoms with Gasteiger partial charge in [0, 0.05) is 12.4 Å². The van der Waals surface area contributed by atoms with Crippen molar-refractivity contribution >= 4 is 16.9 Å². The molecular weight excluding hydrogens is 220 g/mol. The highest BCUT2D eigenvalue weighted by Gasteiger charge is 2.21. The molecule has 3 atom stereocenters. The van der Waals surface area contributed by atoms with Gasteiger partial charge in [-0.05, 0) is 19.3 Å². The molecule has 1 aliphatic rings. The molecule has 3 nitrogen and oxygen atoms in total. The van der Waals surface area contributed by atoms with Crippen molar-refractivity contribution in [1.82, 2.24) is 5.32 Å². The van der Waals surface area contributed by atoms with Crippen LogP contribution in [0.25, 0.3) is 0 Å². The molecule has 0 bridgehead atoms. The van der Waals surface area contributed by atoms with Gasteiger partial charge in [0.2, 0.25) is 0 Å². The van der Waals surface area contributed by atoms with E-state index in [1.807, 2.05) is 11.8 Å². The minimum Gasteiger partial charge on any atom is -0.383 e. The highest BCUT2D eigenvalue weighted by atomic mass is 32.2. The van der Waals surface area contributed by atoms with Crippen LogP contribution in [-0.4, -0.2) is 36.2 Å². The standard InChI is InChI=1S/C12H24N2OS/c1-8(2)11(7-15-5)14-12-13-9(3)6-10(4)16-12/h8-11H,6-7H2,1-5H3,(H,13,14). The van der Waals surface area contributed by atoms with E-state index in [1.54, 1.807) is 7.11 Å². The van der Waals surface area contributed by atoms with E-state index in [2.05, 4.69) is 38.0 Å². The van der Waals surface area contributed by atoms with Gasteiger partial charge in [0.15, 0.2) is 5.17 Å². The fraction of sp³-hybridized carbons (Fsp3) is 0.917. The molecule has 0 spiro atoms. The zero-order valence-electron chi connectivity index (χ0n) is 11.0. The maximum absolute atomic E-state index is 5.23. The monoisotopic (exact) mass is 244 g/mol. The number of rotatable bonds is 4. The van der Waals surface area contributed by atoms with E-state index in [-0.39, 0.29) is 0 Å². The van der Waals surface area contributed by atoms with Crippen LogP contribution in [0.15, 0.2) is 4.99 Å². The molecule has 0 aromatic heterocycles. The lowest BCUT2D eigenvalue weighted by atomic mass is 10.1. The van der Waals surface area contributed by atoms with Gasteiger partial charge in [-0.1, -0.05) is 32.5 Å². The molecule has 1 aliphatic heterocycles. The lowest BCUT2D eigenvalue weighted by Crippen LogP contribution is -2.42. The lowest BCUT2D eigenvalue weighted by Gasteiger charge is -2.28. The third-order valence-electron chi connectivity index (χ3n) is 2.78. The summed E-state index contributed by atoms with van der Waals surface area (Å²) in [4.78, 5) is 4.65. The molecule has 94 valence electrons. The van der Waals surface area contributed by atoms with Crippen LogP contribution in [-0.2, 0) is 4.74 Å². The first kappa shape index (κ1) is 13.8. The summed E-state index contributed by atoms with van der Waals surface area (Å²) in [7, 11) is 1.75. The van der Waals surface area contributed by atoms with Crippen molar-refractivity contribution in [3.63, 3.8) is 0 Å².